The van der Waals surface area contributed by atoms with Gasteiger partial charge >= 0.3 is 10.1 Å². The van der Waals surface area contributed by atoms with Gasteiger partial charge in [0.25, 0.3) is 0 Å². The van der Waals surface area contributed by atoms with Crippen molar-refractivity contribution in [2.75, 3.05) is 0 Å². The molecule has 1 aromatic heterocycles. The summed E-state index contributed by atoms with van der Waals surface area (Å²) in [5.41, 5.74) is 0.857. The zero-order chi connectivity index (χ0) is 13.2. The van der Waals surface area contributed by atoms with Crippen molar-refractivity contribution in [1.82, 2.24) is 4.98 Å². The highest BCUT2D eigenvalue weighted by Crippen LogP contribution is 2.28. The van der Waals surface area contributed by atoms with Crippen molar-refractivity contribution in [3.8, 4) is 5.75 Å². The predicted molar refractivity (Wildman–Crippen MR) is 68.2 cm³/mol. The van der Waals surface area contributed by atoms with E-state index in [0.717, 1.165) is 5.56 Å². The summed E-state index contributed by atoms with van der Waals surface area (Å²) < 4.78 is 28.9. The summed E-state index contributed by atoms with van der Waals surface area (Å²) in [6, 6.07) is 7.85. The smallest absolute Gasteiger partial charge is 0.340 e. The van der Waals surface area contributed by atoms with Gasteiger partial charge in [-0.2, -0.15) is 8.42 Å². The van der Waals surface area contributed by atoms with E-state index in [1.807, 2.05) is 6.92 Å². The SMILES string of the molecule is Cc1ccc(Cl)c(OS(=O)(=O)c2cccnc2)c1. The van der Waals surface area contributed by atoms with E-state index in [0.29, 0.717) is 0 Å². The average Bonchev–Trinajstić information content (AvgIpc) is 2.35. The van der Waals surface area contributed by atoms with Crippen molar-refractivity contribution in [1.29, 1.82) is 0 Å². The maximum absolute atomic E-state index is 11.9. The second-order valence-corrected chi connectivity index (χ2v) is 5.61. The van der Waals surface area contributed by atoms with Crippen molar-refractivity contribution in [2.24, 2.45) is 0 Å². The van der Waals surface area contributed by atoms with Gasteiger partial charge in [-0.1, -0.05) is 17.7 Å². The Hall–Kier alpha value is -1.59. The maximum Gasteiger partial charge on any atom is 0.340 e. The van der Waals surface area contributed by atoms with Gasteiger partial charge in [0, 0.05) is 12.4 Å². The molecule has 4 nitrogen and oxygen atoms in total. The summed E-state index contributed by atoms with van der Waals surface area (Å²) >= 11 is 5.88. The lowest BCUT2D eigenvalue weighted by Gasteiger charge is -2.08. The first-order valence-corrected chi connectivity index (χ1v) is 6.88. The summed E-state index contributed by atoms with van der Waals surface area (Å²) in [7, 11) is -3.90. The minimum absolute atomic E-state index is 0.0115. The Morgan fingerprint density at radius 1 is 1.28 bits per heavy atom. The predicted octanol–water partition coefficient (Wildman–Crippen LogP) is 2.81. The van der Waals surface area contributed by atoms with Crippen molar-refractivity contribution < 1.29 is 12.6 Å². The third-order valence-electron chi connectivity index (χ3n) is 2.21. The van der Waals surface area contributed by atoms with Gasteiger partial charge in [-0.3, -0.25) is 4.98 Å². The highest BCUT2D eigenvalue weighted by molar-refractivity contribution is 7.87. The topological polar surface area (TPSA) is 56.3 Å². The van der Waals surface area contributed by atoms with E-state index in [2.05, 4.69) is 4.98 Å². The largest absolute Gasteiger partial charge is 0.377 e. The third-order valence-corrected chi connectivity index (χ3v) is 3.74. The van der Waals surface area contributed by atoms with E-state index in [1.54, 1.807) is 18.2 Å². The zero-order valence-electron chi connectivity index (χ0n) is 9.50. The van der Waals surface area contributed by atoms with Crippen molar-refractivity contribution in [3.63, 3.8) is 0 Å². The molecule has 0 aliphatic carbocycles. The number of aryl methyl sites for hydroxylation is 1. The quantitative estimate of drug-likeness (QED) is 0.813. The Morgan fingerprint density at radius 2 is 2.06 bits per heavy atom. The number of hydrogen-bond acceptors (Lipinski definition) is 4. The first-order chi connectivity index (χ1) is 8.49. The van der Waals surface area contributed by atoms with Crippen LogP contribution in [0.3, 0.4) is 0 Å². The number of rotatable bonds is 3. The Morgan fingerprint density at radius 3 is 2.72 bits per heavy atom. The molecule has 1 heterocycles. The zero-order valence-corrected chi connectivity index (χ0v) is 11.1. The molecule has 18 heavy (non-hydrogen) atoms. The van der Waals surface area contributed by atoms with Crippen LogP contribution >= 0.6 is 11.6 Å². The fourth-order valence-corrected chi connectivity index (χ4v) is 2.44. The Labute approximate surface area is 110 Å². The summed E-state index contributed by atoms with van der Waals surface area (Å²) in [6.45, 7) is 1.82. The van der Waals surface area contributed by atoms with E-state index in [4.69, 9.17) is 15.8 Å². The molecule has 0 amide bonds. The van der Waals surface area contributed by atoms with Crippen LogP contribution in [0.5, 0.6) is 5.75 Å². The molecular formula is C12H10ClNO3S. The van der Waals surface area contributed by atoms with Gasteiger partial charge in [-0.15, -0.1) is 0 Å². The molecule has 6 heteroatoms. The number of nitrogens with zero attached hydrogens (tertiary/aromatic N) is 1. The van der Waals surface area contributed by atoms with Gasteiger partial charge in [0.15, 0.2) is 5.75 Å². The van der Waals surface area contributed by atoms with Crippen LogP contribution in [0.2, 0.25) is 5.02 Å². The van der Waals surface area contributed by atoms with Crippen LogP contribution in [0.25, 0.3) is 0 Å². The molecule has 0 bridgehead atoms. The molecule has 0 spiro atoms. The van der Waals surface area contributed by atoms with E-state index in [-0.39, 0.29) is 15.7 Å². The van der Waals surface area contributed by atoms with Crippen molar-refractivity contribution in [2.45, 2.75) is 11.8 Å². The summed E-state index contributed by atoms with van der Waals surface area (Å²) in [6.07, 6.45) is 2.71. The molecule has 0 unspecified atom stereocenters. The molecular weight excluding hydrogens is 274 g/mol. The van der Waals surface area contributed by atoms with Gasteiger partial charge in [0.05, 0.1) is 5.02 Å². The van der Waals surface area contributed by atoms with Crippen LogP contribution in [0, 0.1) is 6.92 Å². The van der Waals surface area contributed by atoms with Crippen LogP contribution in [-0.4, -0.2) is 13.4 Å². The van der Waals surface area contributed by atoms with Gasteiger partial charge < -0.3 is 4.18 Å². The monoisotopic (exact) mass is 283 g/mol. The lowest BCUT2D eigenvalue weighted by atomic mass is 10.2. The molecule has 0 saturated heterocycles. The van der Waals surface area contributed by atoms with E-state index >= 15 is 0 Å². The number of halogens is 1. The van der Waals surface area contributed by atoms with Crippen LogP contribution in [-0.2, 0) is 10.1 Å². The Bertz CT molecular complexity index is 656. The van der Waals surface area contributed by atoms with Crippen molar-refractivity contribution >= 4 is 21.7 Å². The lowest BCUT2D eigenvalue weighted by molar-refractivity contribution is 0.485. The van der Waals surface area contributed by atoms with Crippen LogP contribution in [0.1, 0.15) is 5.56 Å². The number of benzene rings is 1. The first kappa shape index (κ1) is 12.9. The van der Waals surface area contributed by atoms with Crippen molar-refractivity contribution in [3.05, 3.63) is 53.3 Å². The standard InChI is InChI=1S/C12H10ClNO3S/c1-9-4-5-11(13)12(7-9)17-18(15,16)10-3-2-6-14-8-10/h2-8H,1H3. The molecule has 0 N–H and O–H groups in total. The molecule has 0 radical (unpaired) electrons. The Kier molecular flexibility index (Phi) is 3.54. The van der Waals surface area contributed by atoms with Crippen LogP contribution in [0.4, 0.5) is 0 Å². The summed E-state index contributed by atoms with van der Waals surface area (Å²) in [5, 5.41) is 0.244. The average molecular weight is 284 g/mol. The summed E-state index contributed by atoms with van der Waals surface area (Å²) in [4.78, 5) is 3.73. The van der Waals surface area contributed by atoms with Crippen LogP contribution in [0.15, 0.2) is 47.6 Å². The molecule has 2 aromatic rings. The molecule has 1 aromatic carbocycles. The molecule has 94 valence electrons. The molecule has 0 aliphatic heterocycles. The second-order valence-electron chi connectivity index (χ2n) is 3.66. The van der Waals surface area contributed by atoms with Gasteiger partial charge in [0.1, 0.15) is 4.90 Å². The highest BCUT2D eigenvalue weighted by Gasteiger charge is 2.18. The minimum Gasteiger partial charge on any atom is -0.377 e. The van der Waals surface area contributed by atoms with Gasteiger partial charge in [0.2, 0.25) is 0 Å². The second kappa shape index (κ2) is 4.96. The lowest BCUT2D eigenvalue weighted by Crippen LogP contribution is -2.10. The van der Waals surface area contributed by atoms with E-state index < -0.39 is 10.1 Å². The van der Waals surface area contributed by atoms with E-state index in [1.165, 1.54) is 24.5 Å². The normalized spacial score (nSPS) is 11.2. The molecule has 2 rings (SSSR count). The van der Waals surface area contributed by atoms with Gasteiger partial charge in [-0.05, 0) is 36.8 Å². The molecule has 0 saturated carbocycles. The molecule has 0 aliphatic rings. The van der Waals surface area contributed by atoms with E-state index in [9.17, 15) is 8.42 Å². The summed E-state index contributed by atoms with van der Waals surface area (Å²) in [5.74, 6) is 0.112. The highest BCUT2D eigenvalue weighted by atomic mass is 35.5. The Balaban J connectivity index is 2.37. The first-order valence-electron chi connectivity index (χ1n) is 5.10. The van der Waals surface area contributed by atoms with Crippen LogP contribution < -0.4 is 4.18 Å². The minimum atomic E-state index is -3.90. The third kappa shape index (κ3) is 2.80. The molecule has 0 atom stereocenters. The van der Waals surface area contributed by atoms with Gasteiger partial charge in [-0.25, -0.2) is 0 Å². The fourth-order valence-electron chi connectivity index (χ4n) is 1.34. The molecule has 0 fully saturated rings. The number of hydrogen-bond donors (Lipinski definition) is 0. The number of aromatic nitrogens is 1. The number of pyridine rings is 1. The fraction of sp³-hybridized carbons (Fsp3) is 0.0833. The maximum atomic E-state index is 11.9.